The lowest BCUT2D eigenvalue weighted by Crippen LogP contribution is -2.32. The molecule has 0 aliphatic heterocycles. The average molecular weight is 247 g/mol. The molecule has 0 atom stereocenters. The Morgan fingerprint density at radius 1 is 1.50 bits per heavy atom. The zero-order chi connectivity index (χ0) is 13.7. The third-order valence-electron chi connectivity index (χ3n) is 2.72. The summed E-state index contributed by atoms with van der Waals surface area (Å²) in [6, 6.07) is 7.35. The molecule has 0 saturated carbocycles. The van der Waals surface area contributed by atoms with Gasteiger partial charge in [-0.15, -0.1) is 0 Å². The number of nitro benzene ring substituents is 1. The highest BCUT2D eigenvalue weighted by atomic mass is 16.6. The first kappa shape index (κ1) is 14.0. The number of nitrogens with zero attached hydrogens (tertiary/aromatic N) is 3. The van der Waals surface area contributed by atoms with Gasteiger partial charge < -0.3 is 4.90 Å². The molecule has 0 radical (unpaired) electrons. The number of aryl methyl sites for hydroxylation is 1. The predicted octanol–water partition coefficient (Wildman–Crippen LogP) is 3.03. The van der Waals surface area contributed by atoms with Gasteiger partial charge in [0.25, 0.3) is 5.69 Å². The minimum absolute atomic E-state index is 0.0987. The maximum Gasteiger partial charge on any atom is 0.292 e. The van der Waals surface area contributed by atoms with E-state index < -0.39 is 0 Å². The minimum Gasteiger partial charge on any atom is -0.363 e. The molecule has 0 fully saturated rings. The third-order valence-corrected chi connectivity index (χ3v) is 2.72. The van der Waals surface area contributed by atoms with Crippen molar-refractivity contribution in [1.29, 1.82) is 5.26 Å². The van der Waals surface area contributed by atoms with Crippen molar-refractivity contribution in [2.24, 2.45) is 0 Å². The van der Waals surface area contributed by atoms with Crippen LogP contribution in [0.15, 0.2) is 18.2 Å². The number of benzene rings is 1. The summed E-state index contributed by atoms with van der Waals surface area (Å²) in [7, 11) is 0. The molecule has 0 N–H and O–H groups in total. The van der Waals surface area contributed by atoms with Gasteiger partial charge in [0.05, 0.1) is 17.4 Å². The first-order chi connectivity index (χ1) is 8.47. The van der Waals surface area contributed by atoms with Gasteiger partial charge in [-0.25, -0.2) is 0 Å². The van der Waals surface area contributed by atoms with E-state index in [0.717, 1.165) is 5.56 Å². The summed E-state index contributed by atoms with van der Waals surface area (Å²) in [5, 5.41) is 19.7. The van der Waals surface area contributed by atoms with Gasteiger partial charge in [0, 0.05) is 18.7 Å². The molecular weight excluding hydrogens is 230 g/mol. The van der Waals surface area contributed by atoms with E-state index in [4.69, 9.17) is 5.26 Å². The first-order valence-electron chi connectivity index (χ1n) is 5.86. The van der Waals surface area contributed by atoms with Crippen LogP contribution >= 0.6 is 0 Å². The van der Waals surface area contributed by atoms with E-state index in [1.165, 1.54) is 0 Å². The summed E-state index contributed by atoms with van der Waals surface area (Å²) >= 11 is 0. The largest absolute Gasteiger partial charge is 0.363 e. The molecule has 0 spiro atoms. The number of hydrogen-bond donors (Lipinski definition) is 0. The minimum atomic E-state index is -0.371. The van der Waals surface area contributed by atoms with Crippen LogP contribution in [0.1, 0.15) is 25.8 Å². The maximum absolute atomic E-state index is 11.1. The number of nitriles is 1. The fourth-order valence-electron chi connectivity index (χ4n) is 1.85. The Morgan fingerprint density at radius 2 is 2.17 bits per heavy atom. The highest BCUT2D eigenvalue weighted by Gasteiger charge is 2.21. The molecule has 0 aromatic heterocycles. The smallest absolute Gasteiger partial charge is 0.292 e. The van der Waals surface area contributed by atoms with Gasteiger partial charge in [-0.1, -0.05) is 6.07 Å². The van der Waals surface area contributed by atoms with Crippen molar-refractivity contribution in [3.63, 3.8) is 0 Å². The van der Waals surface area contributed by atoms with Crippen LogP contribution in [0, 0.1) is 28.4 Å². The van der Waals surface area contributed by atoms with Gasteiger partial charge in [-0.2, -0.15) is 5.26 Å². The van der Waals surface area contributed by atoms with E-state index in [9.17, 15) is 10.1 Å². The van der Waals surface area contributed by atoms with Gasteiger partial charge in [-0.05, 0) is 32.4 Å². The van der Waals surface area contributed by atoms with Crippen molar-refractivity contribution in [2.45, 2.75) is 33.2 Å². The Balaban J connectivity index is 3.19. The maximum atomic E-state index is 11.1. The SMILES string of the molecule is Cc1ccc(N(CCC#N)C(C)C)c([N+](=O)[O-])c1. The third kappa shape index (κ3) is 3.20. The van der Waals surface area contributed by atoms with Gasteiger partial charge in [0.1, 0.15) is 5.69 Å². The zero-order valence-electron chi connectivity index (χ0n) is 10.9. The van der Waals surface area contributed by atoms with Crippen LogP contribution in [0.2, 0.25) is 0 Å². The Hall–Kier alpha value is -2.09. The van der Waals surface area contributed by atoms with E-state index in [1.54, 1.807) is 12.1 Å². The molecule has 1 aromatic carbocycles. The molecule has 5 heteroatoms. The number of rotatable bonds is 5. The molecule has 0 aliphatic rings. The molecule has 0 amide bonds. The Kier molecular flexibility index (Phi) is 4.67. The van der Waals surface area contributed by atoms with Crippen LogP contribution in [0.5, 0.6) is 0 Å². The molecular formula is C13H17N3O2. The van der Waals surface area contributed by atoms with E-state index in [0.29, 0.717) is 18.7 Å². The van der Waals surface area contributed by atoms with Gasteiger partial charge >= 0.3 is 0 Å². The van der Waals surface area contributed by atoms with Crippen LogP contribution in [0.3, 0.4) is 0 Å². The van der Waals surface area contributed by atoms with Gasteiger partial charge in [-0.3, -0.25) is 10.1 Å². The predicted molar refractivity (Wildman–Crippen MR) is 70.5 cm³/mol. The normalized spacial score (nSPS) is 10.2. The zero-order valence-corrected chi connectivity index (χ0v) is 10.9. The lowest BCUT2D eigenvalue weighted by molar-refractivity contribution is -0.384. The molecule has 1 rings (SSSR count). The Morgan fingerprint density at radius 3 is 2.67 bits per heavy atom. The number of anilines is 1. The van der Waals surface area contributed by atoms with Crippen LogP contribution in [-0.2, 0) is 0 Å². The van der Waals surface area contributed by atoms with Crippen LogP contribution in [-0.4, -0.2) is 17.5 Å². The summed E-state index contributed by atoms with van der Waals surface area (Å²) < 4.78 is 0. The fraction of sp³-hybridized carbons (Fsp3) is 0.462. The summed E-state index contributed by atoms with van der Waals surface area (Å²) in [5.41, 5.74) is 1.53. The molecule has 0 unspecified atom stereocenters. The molecule has 1 aromatic rings. The van der Waals surface area contributed by atoms with E-state index >= 15 is 0 Å². The summed E-state index contributed by atoms with van der Waals surface area (Å²) in [4.78, 5) is 12.6. The summed E-state index contributed by atoms with van der Waals surface area (Å²) in [6.45, 7) is 6.24. The molecule has 0 saturated heterocycles. The van der Waals surface area contributed by atoms with E-state index in [2.05, 4.69) is 6.07 Å². The average Bonchev–Trinajstić information content (AvgIpc) is 2.30. The van der Waals surface area contributed by atoms with Gasteiger partial charge in [0.15, 0.2) is 0 Å². The van der Waals surface area contributed by atoms with E-state index in [-0.39, 0.29) is 16.7 Å². The second-order valence-electron chi connectivity index (χ2n) is 4.44. The molecule has 5 nitrogen and oxygen atoms in total. The molecule has 18 heavy (non-hydrogen) atoms. The van der Waals surface area contributed by atoms with Crippen molar-refractivity contribution in [2.75, 3.05) is 11.4 Å². The Labute approximate surface area is 107 Å². The lowest BCUT2D eigenvalue weighted by Gasteiger charge is -2.27. The highest BCUT2D eigenvalue weighted by Crippen LogP contribution is 2.30. The van der Waals surface area contributed by atoms with Crippen molar-refractivity contribution in [3.05, 3.63) is 33.9 Å². The van der Waals surface area contributed by atoms with Crippen LogP contribution < -0.4 is 4.90 Å². The van der Waals surface area contributed by atoms with Crippen molar-refractivity contribution in [3.8, 4) is 6.07 Å². The molecule has 0 heterocycles. The molecule has 0 aliphatic carbocycles. The monoisotopic (exact) mass is 247 g/mol. The topological polar surface area (TPSA) is 70.2 Å². The first-order valence-corrected chi connectivity index (χ1v) is 5.86. The van der Waals surface area contributed by atoms with Gasteiger partial charge in [0.2, 0.25) is 0 Å². The quantitative estimate of drug-likeness (QED) is 0.592. The highest BCUT2D eigenvalue weighted by molar-refractivity contribution is 5.64. The lowest BCUT2D eigenvalue weighted by atomic mass is 10.1. The summed E-state index contributed by atoms with van der Waals surface area (Å²) in [5.74, 6) is 0. The van der Waals surface area contributed by atoms with Crippen LogP contribution in [0.4, 0.5) is 11.4 Å². The Bertz CT molecular complexity index is 478. The number of hydrogen-bond acceptors (Lipinski definition) is 4. The second kappa shape index (κ2) is 6.01. The number of nitro groups is 1. The van der Waals surface area contributed by atoms with Crippen molar-refractivity contribution >= 4 is 11.4 Å². The van der Waals surface area contributed by atoms with E-state index in [1.807, 2.05) is 31.7 Å². The molecule has 96 valence electrons. The van der Waals surface area contributed by atoms with Crippen molar-refractivity contribution < 1.29 is 4.92 Å². The van der Waals surface area contributed by atoms with Crippen molar-refractivity contribution in [1.82, 2.24) is 0 Å². The van der Waals surface area contributed by atoms with Crippen LogP contribution in [0.25, 0.3) is 0 Å². The molecule has 0 bridgehead atoms. The summed E-state index contributed by atoms with van der Waals surface area (Å²) in [6.07, 6.45) is 0.350. The fourth-order valence-corrected chi connectivity index (χ4v) is 1.85. The standard InChI is InChI=1S/C13H17N3O2/c1-10(2)15(8-4-7-14)12-6-5-11(3)9-13(12)16(17)18/h5-6,9-10H,4,8H2,1-3H3. The second-order valence-corrected chi connectivity index (χ2v) is 4.44.